The molecule has 4 rings (SSSR count). The molecule has 154 valence electrons. The smallest absolute Gasteiger partial charge is 0.239 e. The van der Waals surface area contributed by atoms with Crippen molar-refractivity contribution in [2.75, 3.05) is 25.0 Å². The highest BCUT2D eigenvalue weighted by Crippen LogP contribution is 2.26. The number of likely N-dealkylation sites (tertiary alicyclic amines) is 1. The van der Waals surface area contributed by atoms with Gasteiger partial charge in [-0.2, -0.15) is 0 Å². The maximum Gasteiger partial charge on any atom is 0.239 e. The summed E-state index contributed by atoms with van der Waals surface area (Å²) in [4.78, 5) is 23.5. The summed E-state index contributed by atoms with van der Waals surface area (Å²) in [6.07, 6.45) is 4.34. The Morgan fingerprint density at radius 3 is 2.87 bits per heavy atom. The van der Waals surface area contributed by atoms with Gasteiger partial charge in [-0.15, -0.1) is 0 Å². The van der Waals surface area contributed by atoms with Crippen molar-refractivity contribution in [1.29, 1.82) is 0 Å². The van der Waals surface area contributed by atoms with E-state index in [1.165, 1.54) is 6.07 Å². The monoisotopic (exact) mass is 404 g/mol. The van der Waals surface area contributed by atoms with Gasteiger partial charge in [0.25, 0.3) is 0 Å². The first kappa shape index (κ1) is 20.2. The number of carbonyl (C=O) groups excluding carboxylic acids is 1. The van der Waals surface area contributed by atoms with Crippen molar-refractivity contribution in [3.8, 4) is 0 Å². The molecule has 1 amide bonds. The van der Waals surface area contributed by atoms with Gasteiger partial charge in [-0.3, -0.25) is 14.7 Å². The second-order valence-electron chi connectivity index (χ2n) is 7.70. The Morgan fingerprint density at radius 2 is 2.03 bits per heavy atom. The number of rotatable bonds is 6. The van der Waals surface area contributed by atoms with Gasteiger partial charge in [-0.1, -0.05) is 24.3 Å². The van der Waals surface area contributed by atoms with Crippen LogP contribution in [-0.2, 0) is 11.2 Å². The summed E-state index contributed by atoms with van der Waals surface area (Å²) in [6, 6.07) is 18.2. The fourth-order valence-electron chi connectivity index (χ4n) is 3.94. The molecule has 1 unspecified atom stereocenters. The lowest BCUT2D eigenvalue weighted by atomic mass is 9.94. The Kier molecular flexibility index (Phi) is 6.44. The zero-order chi connectivity index (χ0) is 20.8. The number of carbonyl (C=O) groups is 1. The fourth-order valence-corrected chi connectivity index (χ4v) is 3.94. The van der Waals surface area contributed by atoms with Crippen LogP contribution in [0.15, 0.2) is 66.9 Å². The number of nitrogens with one attached hydrogen (secondary N) is 1. The molecule has 0 bridgehead atoms. The molecule has 3 aromatic rings. The minimum atomic E-state index is -0.226. The van der Waals surface area contributed by atoms with Crippen molar-refractivity contribution in [2.24, 2.45) is 0 Å². The van der Waals surface area contributed by atoms with Crippen LogP contribution in [0.2, 0.25) is 0 Å². The fraction of sp³-hybridized carbons (Fsp3) is 0.292. The van der Waals surface area contributed by atoms with E-state index in [0.717, 1.165) is 42.9 Å². The summed E-state index contributed by atoms with van der Waals surface area (Å²) in [5, 5.41) is 2.85. The number of amides is 1. The van der Waals surface area contributed by atoms with Crippen LogP contribution in [-0.4, -0.2) is 40.4 Å². The highest BCUT2D eigenvalue weighted by atomic mass is 19.1. The number of nitrogens with zero attached hydrogens (tertiary/aromatic N) is 3. The van der Waals surface area contributed by atoms with Gasteiger partial charge >= 0.3 is 0 Å². The van der Waals surface area contributed by atoms with E-state index in [-0.39, 0.29) is 17.6 Å². The molecule has 0 radical (unpaired) electrons. The van der Waals surface area contributed by atoms with E-state index in [4.69, 9.17) is 4.98 Å². The van der Waals surface area contributed by atoms with Crippen LogP contribution in [0, 0.1) is 5.82 Å². The number of piperidine rings is 1. The molecule has 1 aliphatic heterocycles. The maximum absolute atomic E-state index is 13.5. The lowest BCUT2D eigenvalue weighted by Crippen LogP contribution is -2.40. The molecule has 3 heterocycles. The number of hydrogen-bond donors (Lipinski definition) is 1. The van der Waals surface area contributed by atoms with Crippen molar-refractivity contribution in [2.45, 2.75) is 25.2 Å². The number of anilines is 1. The van der Waals surface area contributed by atoms with E-state index in [0.29, 0.717) is 18.8 Å². The first-order valence-corrected chi connectivity index (χ1v) is 10.3. The Labute approximate surface area is 176 Å². The minimum absolute atomic E-state index is 0.0536. The molecule has 2 aromatic heterocycles. The van der Waals surface area contributed by atoms with Crippen molar-refractivity contribution < 1.29 is 9.18 Å². The summed E-state index contributed by atoms with van der Waals surface area (Å²) in [5.41, 5.74) is 2.89. The zero-order valence-corrected chi connectivity index (χ0v) is 16.8. The van der Waals surface area contributed by atoms with Crippen LogP contribution in [0.1, 0.15) is 35.7 Å². The maximum atomic E-state index is 13.5. The second-order valence-corrected chi connectivity index (χ2v) is 7.70. The molecule has 0 spiro atoms. The molecule has 6 heteroatoms. The molecule has 0 saturated carbocycles. The van der Waals surface area contributed by atoms with Gasteiger partial charge in [0.2, 0.25) is 5.91 Å². The van der Waals surface area contributed by atoms with E-state index in [1.807, 2.05) is 30.3 Å². The van der Waals surface area contributed by atoms with Gasteiger partial charge in [-0.05, 0) is 61.3 Å². The van der Waals surface area contributed by atoms with Gasteiger partial charge in [0.05, 0.1) is 6.54 Å². The zero-order valence-electron chi connectivity index (χ0n) is 16.8. The highest BCUT2D eigenvalue weighted by molar-refractivity contribution is 5.91. The van der Waals surface area contributed by atoms with E-state index in [1.54, 1.807) is 24.4 Å². The number of halogens is 1. The Hall–Kier alpha value is -3.12. The Bertz CT molecular complexity index is 995. The molecule has 1 fully saturated rings. The van der Waals surface area contributed by atoms with Crippen molar-refractivity contribution in [1.82, 2.24) is 14.9 Å². The Balaban J connectivity index is 1.37. The molecule has 1 N–H and O–H groups in total. The first-order valence-electron chi connectivity index (χ1n) is 10.3. The second kappa shape index (κ2) is 9.59. The normalized spacial score (nSPS) is 16.9. The predicted octanol–water partition coefficient (Wildman–Crippen LogP) is 4.02. The highest BCUT2D eigenvalue weighted by Gasteiger charge is 2.24. The van der Waals surface area contributed by atoms with Crippen molar-refractivity contribution in [3.05, 3.63) is 89.6 Å². The summed E-state index contributed by atoms with van der Waals surface area (Å²) in [5.74, 6) is 0.578. The van der Waals surface area contributed by atoms with Crippen LogP contribution in [0.5, 0.6) is 0 Å². The van der Waals surface area contributed by atoms with Crippen molar-refractivity contribution in [3.63, 3.8) is 0 Å². The number of benzene rings is 1. The number of aromatic nitrogens is 2. The third kappa shape index (κ3) is 5.48. The van der Waals surface area contributed by atoms with Crippen LogP contribution in [0.4, 0.5) is 10.2 Å². The third-order valence-corrected chi connectivity index (χ3v) is 5.33. The molecular formula is C24H25FN4O. The lowest BCUT2D eigenvalue weighted by Gasteiger charge is -2.32. The van der Waals surface area contributed by atoms with E-state index in [9.17, 15) is 9.18 Å². The molecule has 1 aliphatic rings. The number of pyridine rings is 2. The molecule has 30 heavy (non-hydrogen) atoms. The van der Waals surface area contributed by atoms with E-state index >= 15 is 0 Å². The number of hydrogen-bond acceptors (Lipinski definition) is 4. The molecule has 1 aromatic carbocycles. The topological polar surface area (TPSA) is 58.1 Å². The summed E-state index contributed by atoms with van der Waals surface area (Å²) in [7, 11) is 0. The summed E-state index contributed by atoms with van der Waals surface area (Å²) in [6.45, 7) is 2.04. The first-order chi connectivity index (χ1) is 14.7. The largest absolute Gasteiger partial charge is 0.310 e. The summed E-state index contributed by atoms with van der Waals surface area (Å²) < 4.78 is 13.5. The third-order valence-electron chi connectivity index (χ3n) is 5.33. The van der Waals surface area contributed by atoms with Gasteiger partial charge in [0, 0.05) is 36.5 Å². The average Bonchev–Trinajstić information content (AvgIpc) is 2.75. The van der Waals surface area contributed by atoms with Gasteiger partial charge in [0.1, 0.15) is 11.6 Å². The molecular weight excluding hydrogens is 379 g/mol. The van der Waals surface area contributed by atoms with E-state index < -0.39 is 0 Å². The van der Waals surface area contributed by atoms with Gasteiger partial charge in [-0.25, -0.2) is 9.37 Å². The van der Waals surface area contributed by atoms with Crippen LogP contribution >= 0.6 is 0 Å². The van der Waals surface area contributed by atoms with Crippen molar-refractivity contribution >= 4 is 11.7 Å². The quantitative estimate of drug-likeness (QED) is 0.674. The van der Waals surface area contributed by atoms with Gasteiger partial charge in [0.15, 0.2) is 0 Å². The summed E-state index contributed by atoms with van der Waals surface area (Å²) >= 11 is 0. The molecule has 1 saturated heterocycles. The Morgan fingerprint density at radius 1 is 1.13 bits per heavy atom. The molecule has 0 aliphatic carbocycles. The van der Waals surface area contributed by atoms with Crippen LogP contribution < -0.4 is 5.32 Å². The molecule has 1 atom stereocenters. The molecule has 5 nitrogen and oxygen atoms in total. The lowest BCUT2D eigenvalue weighted by molar-refractivity contribution is -0.117. The predicted molar refractivity (Wildman–Crippen MR) is 115 cm³/mol. The average molecular weight is 404 g/mol. The standard InChI is InChI=1S/C24H25FN4O/c25-20-8-3-6-18(14-20)15-21-9-4-10-22(27-21)19-7-5-13-29(16-19)17-24(30)28-23-11-1-2-12-26-23/h1-4,6,8-12,14,19H,5,7,13,15-17H2,(H,26,28,30). The SMILES string of the molecule is O=C(CN1CCCC(c2cccc(Cc3cccc(F)c3)n2)C1)Nc1ccccn1. The minimum Gasteiger partial charge on any atom is -0.310 e. The van der Waals surface area contributed by atoms with Gasteiger partial charge < -0.3 is 5.32 Å². The van der Waals surface area contributed by atoms with E-state index in [2.05, 4.69) is 21.3 Å². The van der Waals surface area contributed by atoms with Crippen LogP contribution in [0.3, 0.4) is 0 Å². The van der Waals surface area contributed by atoms with Crippen LogP contribution in [0.25, 0.3) is 0 Å².